The number of amides is 1. The van der Waals surface area contributed by atoms with E-state index in [0.717, 1.165) is 38.2 Å². The van der Waals surface area contributed by atoms with Gasteiger partial charge in [0.15, 0.2) is 0 Å². The lowest BCUT2D eigenvalue weighted by Crippen LogP contribution is -2.49. The summed E-state index contributed by atoms with van der Waals surface area (Å²) in [5.41, 5.74) is 0. The Morgan fingerprint density at radius 3 is 2.62 bits per heavy atom. The minimum Gasteiger partial charge on any atom is -0.478 e. The van der Waals surface area contributed by atoms with Crippen molar-refractivity contribution in [3.8, 4) is 5.88 Å². The first kappa shape index (κ1) is 17.0. The lowest BCUT2D eigenvalue weighted by atomic mass is 9.89. The van der Waals surface area contributed by atoms with Gasteiger partial charge in [-0.3, -0.25) is 4.79 Å². The Kier molecular flexibility index (Phi) is 5.53. The molecule has 3 rings (SSSR count). The molecule has 24 heavy (non-hydrogen) atoms. The van der Waals surface area contributed by atoms with Gasteiger partial charge in [0.1, 0.15) is 12.1 Å². The number of nitrogens with zero attached hydrogens (tertiary/aromatic N) is 4. The van der Waals surface area contributed by atoms with Crippen LogP contribution < -0.4 is 9.64 Å². The van der Waals surface area contributed by atoms with Crippen LogP contribution in [0.25, 0.3) is 0 Å². The maximum absolute atomic E-state index is 12.1. The average molecular weight is 332 g/mol. The molecule has 1 aliphatic heterocycles. The van der Waals surface area contributed by atoms with Gasteiger partial charge >= 0.3 is 0 Å². The molecule has 132 valence electrons. The van der Waals surface area contributed by atoms with E-state index < -0.39 is 0 Å². The van der Waals surface area contributed by atoms with Crippen molar-refractivity contribution >= 4 is 11.7 Å². The molecule has 0 bridgehead atoms. The summed E-state index contributed by atoms with van der Waals surface area (Å²) < 4.78 is 5.48. The van der Waals surface area contributed by atoms with Crippen LogP contribution in [0, 0.1) is 0 Å². The van der Waals surface area contributed by atoms with Gasteiger partial charge in [-0.2, -0.15) is 0 Å². The molecule has 6 heteroatoms. The zero-order valence-electron chi connectivity index (χ0n) is 14.8. The second kappa shape index (κ2) is 7.81. The Hall–Kier alpha value is -1.85. The quantitative estimate of drug-likeness (QED) is 0.829. The van der Waals surface area contributed by atoms with Crippen LogP contribution in [0.3, 0.4) is 0 Å². The first-order valence-corrected chi connectivity index (χ1v) is 9.17. The fraction of sp³-hybridized carbons (Fsp3) is 0.722. The van der Waals surface area contributed by atoms with Crippen LogP contribution in [0.4, 0.5) is 5.82 Å². The van der Waals surface area contributed by atoms with Crippen molar-refractivity contribution < 1.29 is 9.53 Å². The van der Waals surface area contributed by atoms with Gasteiger partial charge in [-0.05, 0) is 45.4 Å². The number of ether oxygens (including phenoxy) is 1. The molecule has 6 nitrogen and oxygen atoms in total. The van der Waals surface area contributed by atoms with Crippen LogP contribution in [0.5, 0.6) is 5.88 Å². The normalized spacial score (nSPS) is 21.8. The average Bonchev–Trinajstić information content (AvgIpc) is 2.77. The molecule has 1 aromatic heterocycles. The smallest absolute Gasteiger partial charge is 0.219 e. The highest BCUT2D eigenvalue weighted by Gasteiger charge is 2.33. The van der Waals surface area contributed by atoms with Gasteiger partial charge in [0.25, 0.3) is 0 Å². The van der Waals surface area contributed by atoms with Crippen molar-refractivity contribution in [2.24, 2.45) is 0 Å². The molecule has 2 aliphatic rings. The molecule has 0 radical (unpaired) electrons. The molecule has 1 saturated carbocycles. The van der Waals surface area contributed by atoms with E-state index in [4.69, 9.17) is 4.74 Å². The summed E-state index contributed by atoms with van der Waals surface area (Å²) >= 11 is 0. The van der Waals surface area contributed by atoms with Crippen LogP contribution >= 0.6 is 0 Å². The van der Waals surface area contributed by atoms with E-state index in [1.54, 1.807) is 13.3 Å². The summed E-state index contributed by atoms with van der Waals surface area (Å²) in [7, 11) is 0. The number of hydrogen-bond donors (Lipinski definition) is 0. The Morgan fingerprint density at radius 2 is 1.96 bits per heavy atom. The monoisotopic (exact) mass is 332 g/mol. The van der Waals surface area contributed by atoms with Crippen molar-refractivity contribution in [1.29, 1.82) is 0 Å². The second-order valence-corrected chi connectivity index (χ2v) is 6.73. The summed E-state index contributed by atoms with van der Waals surface area (Å²) in [6.07, 6.45) is 8.33. The Morgan fingerprint density at radius 1 is 1.21 bits per heavy atom. The van der Waals surface area contributed by atoms with Crippen molar-refractivity contribution in [1.82, 2.24) is 14.9 Å². The van der Waals surface area contributed by atoms with Gasteiger partial charge in [-0.1, -0.05) is 0 Å². The number of hydrogen-bond acceptors (Lipinski definition) is 5. The van der Waals surface area contributed by atoms with Gasteiger partial charge in [-0.15, -0.1) is 0 Å². The van der Waals surface area contributed by atoms with E-state index >= 15 is 0 Å². The third kappa shape index (κ3) is 3.79. The highest BCUT2D eigenvalue weighted by Crippen LogP contribution is 2.30. The standard InChI is InChI=1S/C18H28N4O2/c1-3-24-18-12-17(19-13-20-18)21-10-5-8-16(9-11-21)22(14(2)23)15-6-4-7-15/h12-13,15-16H,3-11H2,1-2H3/t16-/m1/s1. The molecular weight excluding hydrogens is 304 g/mol. The number of anilines is 1. The van der Waals surface area contributed by atoms with E-state index in [0.29, 0.717) is 24.6 Å². The highest BCUT2D eigenvalue weighted by atomic mass is 16.5. The Bertz CT molecular complexity index is 562. The Balaban J connectivity index is 1.66. The SMILES string of the molecule is CCOc1cc(N2CCC[C@@H](N(C(C)=O)C3CCC3)CC2)ncn1. The second-order valence-electron chi connectivity index (χ2n) is 6.73. The fourth-order valence-corrected chi connectivity index (χ4v) is 3.79. The summed E-state index contributed by atoms with van der Waals surface area (Å²) in [6.45, 7) is 6.17. The highest BCUT2D eigenvalue weighted by molar-refractivity contribution is 5.74. The Labute approximate surface area is 144 Å². The molecule has 0 spiro atoms. The van der Waals surface area contributed by atoms with Crippen LogP contribution in [0.2, 0.25) is 0 Å². The fourth-order valence-electron chi connectivity index (χ4n) is 3.79. The van der Waals surface area contributed by atoms with E-state index in [1.165, 1.54) is 19.3 Å². The molecule has 1 aliphatic carbocycles. The molecule has 1 saturated heterocycles. The van der Waals surface area contributed by atoms with Crippen LogP contribution in [0.1, 0.15) is 52.4 Å². The topological polar surface area (TPSA) is 58.6 Å². The molecule has 0 aromatic carbocycles. The van der Waals surface area contributed by atoms with Crippen molar-refractivity contribution in [2.45, 2.75) is 64.5 Å². The molecular formula is C18H28N4O2. The first-order valence-electron chi connectivity index (χ1n) is 9.17. The minimum absolute atomic E-state index is 0.235. The summed E-state index contributed by atoms with van der Waals surface area (Å²) in [4.78, 5) is 25.1. The maximum Gasteiger partial charge on any atom is 0.219 e. The zero-order chi connectivity index (χ0) is 16.9. The van der Waals surface area contributed by atoms with Crippen molar-refractivity contribution in [3.05, 3.63) is 12.4 Å². The van der Waals surface area contributed by atoms with Crippen molar-refractivity contribution in [2.75, 3.05) is 24.6 Å². The number of rotatable bonds is 5. The van der Waals surface area contributed by atoms with Gasteiger partial charge in [0, 0.05) is 38.2 Å². The third-order valence-electron chi connectivity index (χ3n) is 5.17. The summed E-state index contributed by atoms with van der Waals surface area (Å²) in [5.74, 6) is 1.79. The number of aromatic nitrogens is 2. The molecule has 1 atom stereocenters. The summed E-state index contributed by atoms with van der Waals surface area (Å²) in [6, 6.07) is 2.76. The van der Waals surface area contributed by atoms with Gasteiger partial charge < -0.3 is 14.5 Å². The van der Waals surface area contributed by atoms with E-state index in [1.807, 2.05) is 13.0 Å². The number of carbonyl (C=O) groups is 1. The van der Waals surface area contributed by atoms with Gasteiger partial charge in [0.2, 0.25) is 11.8 Å². The van der Waals surface area contributed by atoms with Crippen LogP contribution in [-0.2, 0) is 4.79 Å². The van der Waals surface area contributed by atoms with E-state index in [-0.39, 0.29) is 5.91 Å². The van der Waals surface area contributed by atoms with Gasteiger partial charge in [-0.25, -0.2) is 9.97 Å². The predicted molar refractivity (Wildman–Crippen MR) is 93.2 cm³/mol. The molecule has 1 aromatic rings. The number of carbonyl (C=O) groups excluding carboxylic acids is 1. The maximum atomic E-state index is 12.1. The van der Waals surface area contributed by atoms with E-state index in [9.17, 15) is 4.79 Å². The zero-order valence-corrected chi connectivity index (χ0v) is 14.8. The predicted octanol–water partition coefficient (Wildman–Crippen LogP) is 2.64. The van der Waals surface area contributed by atoms with Crippen LogP contribution in [-0.4, -0.2) is 52.6 Å². The first-order chi connectivity index (χ1) is 11.7. The minimum atomic E-state index is 0.235. The molecule has 0 unspecified atom stereocenters. The van der Waals surface area contributed by atoms with E-state index in [2.05, 4.69) is 19.8 Å². The molecule has 2 fully saturated rings. The molecule has 2 heterocycles. The largest absolute Gasteiger partial charge is 0.478 e. The molecule has 1 amide bonds. The third-order valence-corrected chi connectivity index (χ3v) is 5.17. The lowest BCUT2D eigenvalue weighted by Gasteiger charge is -2.42. The molecule has 0 N–H and O–H groups in total. The summed E-state index contributed by atoms with van der Waals surface area (Å²) in [5, 5.41) is 0. The lowest BCUT2D eigenvalue weighted by molar-refractivity contribution is -0.136. The van der Waals surface area contributed by atoms with Crippen LogP contribution in [0.15, 0.2) is 12.4 Å². The van der Waals surface area contributed by atoms with Crippen molar-refractivity contribution in [3.63, 3.8) is 0 Å². The van der Waals surface area contributed by atoms with Gasteiger partial charge in [0.05, 0.1) is 6.61 Å².